The normalized spacial score (nSPS) is 10.7. The molecule has 0 spiro atoms. The number of benzene rings is 1. The number of carbonyl (C=O) groups excluding carboxylic acids is 1. The highest BCUT2D eigenvalue weighted by Crippen LogP contribution is 2.14. The largest absolute Gasteiger partial charge is 0.467 e. The first-order valence-corrected chi connectivity index (χ1v) is 6.72. The van der Waals surface area contributed by atoms with Gasteiger partial charge in [-0.1, -0.05) is 12.1 Å². The van der Waals surface area contributed by atoms with Crippen molar-refractivity contribution in [3.05, 3.63) is 53.5 Å². The van der Waals surface area contributed by atoms with E-state index in [-0.39, 0.29) is 0 Å². The number of methoxy groups -OCH3 is 1. The Morgan fingerprint density at radius 1 is 1.29 bits per heavy atom. The molecule has 0 saturated heterocycles. The monoisotopic (exact) mass is 288 g/mol. The van der Waals surface area contributed by atoms with Crippen LogP contribution in [0.2, 0.25) is 0 Å². The molecule has 0 fully saturated rings. The van der Waals surface area contributed by atoms with Crippen molar-refractivity contribution in [1.82, 2.24) is 4.90 Å². The maximum Gasteiger partial charge on any atom is 0.341 e. The molecule has 0 atom stereocenters. The van der Waals surface area contributed by atoms with Gasteiger partial charge in [0.25, 0.3) is 0 Å². The molecule has 2 rings (SSSR count). The second kappa shape index (κ2) is 6.95. The van der Waals surface area contributed by atoms with E-state index in [4.69, 9.17) is 4.42 Å². The highest BCUT2D eigenvalue weighted by Gasteiger charge is 2.09. The lowest BCUT2D eigenvalue weighted by Gasteiger charge is -2.10. The smallest absolute Gasteiger partial charge is 0.341 e. The number of esters is 1. The molecule has 0 aliphatic carbocycles. The van der Waals surface area contributed by atoms with E-state index in [0.29, 0.717) is 17.9 Å². The number of carbonyl (C=O) groups is 1. The molecule has 0 aliphatic rings. The highest BCUT2D eigenvalue weighted by atomic mass is 16.5. The van der Waals surface area contributed by atoms with Gasteiger partial charge < -0.3 is 19.4 Å². The summed E-state index contributed by atoms with van der Waals surface area (Å²) < 4.78 is 9.95. The van der Waals surface area contributed by atoms with Crippen molar-refractivity contribution in [3.63, 3.8) is 0 Å². The van der Waals surface area contributed by atoms with Gasteiger partial charge in [-0.25, -0.2) is 4.79 Å². The van der Waals surface area contributed by atoms with E-state index >= 15 is 0 Å². The molecule has 1 heterocycles. The van der Waals surface area contributed by atoms with E-state index in [2.05, 4.69) is 27.1 Å². The molecule has 1 aromatic carbocycles. The molecule has 5 heteroatoms. The van der Waals surface area contributed by atoms with Crippen molar-refractivity contribution in [2.45, 2.75) is 13.1 Å². The standard InChI is InChI=1S/C16H20N2O3/c1-18(2)10-12-4-6-14(7-5-12)17-9-15-8-13(11-21-15)16(19)20-3/h4-8,11,17H,9-10H2,1-3H3. The van der Waals surface area contributed by atoms with E-state index in [9.17, 15) is 4.79 Å². The van der Waals surface area contributed by atoms with Gasteiger partial charge in [0, 0.05) is 12.2 Å². The molecule has 0 unspecified atom stereocenters. The van der Waals surface area contributed by atoms with Crippen LogP contribution in [0.15, 0.2) is 41.0 Å². The van der Waals surface area contributed by atoms with Crippen molar-refractivity contribution in [1.29, 1.82) is 0 Å². The maximum absolute atomic E-state index is 11.3. The Balaban J connectivity index is 1.90. The maximum atomic E-state index is 11.3. The van der Waals surface area contributed by atoms with Crippen LogP contribution < -0.4 is 5.32 Å². The third-order valence-corrected chi connectivity index (χ3v) is 2.99. The Hall–Kier alpha value is -2.27. The second-order valence-electron chi connectivity index (χ2n) is 5.08. The van der Waals surface area contributed by atoms with Crippen LogP contribution in [-0.2, 0) is 17.8 Å². The zero-order valence-corrected chi connectivity index (χ0v) is 12.6. The molecular weight excluding hydrogens is 268 g/mol. The van der Waals surface area contributed by atoms with Gasteiger partial charge in [-0.15, -0.1) is 0 Å². The Labute approximate surface area is 124 Å². The highest BCUT2D eigenvalue weighted by molar-refractivity contribution is 5.88. The summed E-state index contributed by atoms with van der Waals surface area (Å²) in [4.78, 5) is 13.4. The second-order valence-corrected chi connectivity index (χ2v) is 5.08. The van der Waals surface area contributed by atoms with Crippen molar-refractivity contribution in [3.8, 4) is 0 Å². The van der Waals surface area contributed by atoms with Crippen molar-refractivity contribution in [2.24, 2.45) is 0 Å². The number of nitrogens with one attached hydrogen (secondary N) is 1. The number of nitrogens with zero attached hydrogens (tertiary/aromatic N) is 1. The third-order valence-electron chi connectivity index (χ3n) is 2.99. The van der Waals surface area contributed by atoms with Crippen LogP contribution in [0, 0.1) is 0 Å². The zero-order chi connectivity index (χ0) is 15.2. The summed E-state index contributed by atoms with van der Waals surface area (Å²) in [6.07, 6.45) is 1.41. The molecule has 21 heavy (non-hydrogen) atoms. The topological polar surface area (TPSA) is 54.7 Å². The molecule has 0 amide bonds. The predicted molar refractivity (Wildman–Crippen MR) is 81.2 cm³/mol. The summed E-state index contributed by atoms with van der Waals surface area (Å²) in [6, 6.07) is 9.92. The van der Waals surface area contributed by atoms with Crippen LogP contribution in [-0.4, -0.2) is 32.1 Å². The number of ether oxygens (including phenoxy) is 1. The Kier molecular flexibility index (Phi) is 5.00. The van der Waals surface area contributed by atoms with Crippen molar-refractivity contribution >= 4 is 11.7 Å². The van der Waals surface area contributed by atoms with Gasteiger partial charge in [0.1, 0.15) is 12.0 Å². The third kappa shape index (κ3) is 4.36. The SMILES string of the molecule is COC(=O)c1coc(CNc2ccc(CN(C)C)cc2)c1. The average molecular weight is 288 g/mol. The van der Waals surface area contributed by atoms with E-state index in [1.807, 2.05) is 26.2 Å². The van der Waals surface area contributed by atoms with E-state index in [1.165, 1.54) is 18.9 Å². The zero-order valence-electron chi connectivity index (χ0n) is 12.6. The lowest BCUT2D eigenvalue weighted by molar-refractivity contribution is 0.0600. The number of furan rings is 1. The van der Waals surface area contributed by atoms with Gasteiger partial charge in [0.15, 0.2) is 0 Å². The first-order chi connectivity index (χ1) is 10.1. The molecule has 0 saturated carbocycles. The van der Waals surface area contributed by atoms with Gasteiger partial charge in [-0.2, -0.15) is 0 Å². The molecule has 0 bridgehead atoms. The quantitative estimate of drug-likeness (QED) is 0.828. The van der Waals surface area contributed by atoms with Gasteiger partial charge in [0.05, 0.1) is 19.2 Å². The first-order valence-electron chi connectivity index (χ1n) is 6.72. The number of hydrogen-bond acceptors (Lipinski definition) is 5. The average Bonchev–Trinajstić information content (AvgIpc) is 2.94. The summed E-state index contributed by atoms with van der Waals surface area (Å²) in [5.41, 5.74) is 2.70. The van der Waals surface area contributed by atoms with E-state index in [1.54, 1.807) is 6.07 Å². The summed E-state index contributed by atoms with van der Waals surface area (Å²) in [6.45, 7) is 1.44. The molecule has 112 valence electrons. The summed E-state index contributed by atoms with van der Waals surface area (Å²) >= 11 is 0. The molecular formula is C16H20N2O3. The fourth-order valence-electron chi connectivity index (χ4n) is 1.98. The molecule has 1 aromatic heterocycles. The van der Waals surface area contributed by atoms with Crippen LogP contribution in [0.3, 0.4) is 0 Å². The summed E-state index contributed by atoms with van der Waals surface area (Å²) in [5.74, 6) is 0.297. The van der Waals surface area contributed by atoms with Crippen LogP contribution in [0.4, 0.5) is 5.69 Å². The minimum atomic E-state index is -0.391. The molecule has 1 N–H and O–H groups in total. The predicted octanol–water partition coefficient (Wildman–Crippen LogP) is 2.74. The van der Waals surface area contributed by atoms with Crippen LogP contribution in [0.1, 0.15) is 21.7 Å². The Bertz CT molecular complexity index is 588. The minimum Gasteiger partial charge on any atom is -0.467 e. The van der Waals surface area contributed by atoms with Crippen LogP contribution in [0.25, 0.3) is 0 Å². The number of rotatable bonds is 6. The minimum absolute atomic E-state index is 0.391. The molecule has 2 aromatic rings. The summed E-state index contributed by atoms with van der Waals surface area (Å²) in [7, 11) is 5.44. The Morgan fingerprint density at radius 3 is 2.62 bits per heavy atom. The molecule has 0 aliphatic heterocycles. The van der Waals surface area contributed by atoms with Crippen molar-refractivity contribution in [2.75, 3.05) is 26.5 Å². The number of hydrogen-bond donors (Lipinski definition) is 1. The first kappa shape index (κ1) is 15.1. The lowest BCUT2D eigenvalue weighted by atomic mass is 10.2. The van der Waals surface area contributed by atoms with Crippen LogP contribution in [0.5, 0.6) is 0 Å². The molecule has 0 radical (unpaired) electrons. The van der Waals surface area contributed by atoms with Gasteiger partial charge in [-0.3, -0.25) is 0 Å². The lowest BCUT2D eigenvalue weighted by Crippen LogP contribution is -2.10. The summed E-state index contributed by atoms with van der Waals surface area (Å²) in [5, 5.41) is 3.25. The van der Waals surface area contributed by atoms with Gasteiger partial charge >= 0.3 is 5.97 Å². The fraction of sp³-hybridized carbons (Fsp3) is 0.312. The van der Waals surface area contributed by atoms with Crippen molar-refractivity contribution < 1.29 is 13.9 Å². The van der Waals surface area contributed by atoms with Gasteiger partial charge in [-0.05, 0) is 37.9 Å². The molecule has 5 nitrogen and oxygen atoms in total. The van der Waals surface area contributed by atoms with E-state index in [0.717, 1.165) is 12.2 Å². The van der Waals surface area contributed by atoms with E-state index < -0.39 is 5.97 Å². The van der Waals surface area contributed by atoms with Crippen LogP contribution >= 0.6 is 0 Å². The van der Waals surface area contributed by atoms with Gasteiger partial charge in [0.2, 0.25) is 0 Å². The Morgan fingerprint density at radius 2 is 2.00 bits per heavy atom. The fourth-order valence-corrected chi connectivity index (χ4v) is 1.98. The number of anilines is 1.